The first-order valence-corrected chi connectivity index (χ1v) is 5.23. The number of hydrogen-bond donors (Lipinski definition) is 1. The second-order valence-electron chi connectivity index (χ2n) is 3.47. The summed E-state index contributed by atoms with van der Waals surface area (Å²) in [5.41, 5.74) is 7.87. The molecule has 4 heteroatoms. The van der Waals surface area contributed by atoms with Crippen LogP contribution in [0.3, 0.4) is 0 Å². The van der Waals surface area contributed by atoms with Crippen molar-refractivity contribution in [3.63, 3.8) is 0 Å². The first kappa shape index (κ1) is 10.3. The van der Waals surface area contributed by atoms with Crippen molar-refractivity contribution < 1.29 is 4.79 Å². The predicted molar refractivity (Wildman–Crippen MR) is 53.9 cm³/mol. The summed E-state index contributed by atoms with van der Waals surface area (Å²) in [5, 5.41) is 1.74. The Balaban J connectivity index is 2.58. The molecule has 1 aromatic rings. The van der Waals surface area contributed by atoms with Gasteiger partial charge in [-0.25, -0.2) is 4.98 Å². The number of Topliss-reactive ketones (excluding diaryl/α,β-unsaturated/α-hetero) is 1. The molecule has 0 saturated carbocycles. The van der Waals surface area contributed by atoms with Gasteiger partial charge in [-0.1, -0.05) is 13.8 Å². The zero-order valence-electron chi connectivity index (χ0n) is 7.86. The maximum Gasteiger partial charge on any atom is 0.198 e. The third kappa shape index (κ3) is 2.90. The highest BCUT2D eigenvalue weighted by Crippen LogP contribution is 2.09. The summed E-state index contributed by atoms with van der Waals surface area (Å²) >= 11 is 1.42. The Kier molecular flexibility index (Phi) is 3.57. The lowest BCUT2D eigenvalue weighted by Gasteiger charge is -2.10. The summed E-state index contributed by atoms with van der Waals surface area (Å²) in [4.78, 5) is 15.5. The molecule has 0 aliphatic carbocycles. The van der Waals surface area contributed by atoms with Crippen molar-refractivity contribution in [2.24, 2.45) is 11.7 Å². The molecule has 0 radical (unpaired) electrons. The van der Waals surface area contributed by atoms with Gasteiger partial charge in [-0.2, -0.15) is 0 Å². The molecule has 0 aliphatic rings. The Hall–Kier alpha value is -0.740. The Morgan fingerprint density at radius 1 is 1.69 bits per heavy atom. The molecule has 0 saturated heterocycles. The van der Waals surface area contributed by atoms with E-state index in [0.29, 0.717) is 11.6 Å². The first-order chi connectivity index (χ1) is 6.11. The zero-order valence-corrected chi connectivity index (χ0v) is 8.67. The van der Waals surface area contributed by atoms with Crippen LogP contribution in [0.15, 0.2) is 10.9 Å². The highest BCUT2D eigenvalue weighted by Gasteiger charge is 2.17. The Morgan fingerprint density at radius 3 is 2.85 bits per heavy atom. The van der Waals surface area contributed by atoms with Crippen molar-refractivity contribution in [2.45, 2.75) is 26.3 Å². The van der Waals surface area contributed by atoms with Gasteiger partial charge in [0.1, 0.15) is 5.69 Å². The van der Waals surface area contributed by atoms with E-state index in [9.17, 15) is 4.79 Å². The quantitative estimate of drug-likeness (QED) is 0.749. The molecule has 13 heavy (non-hydrogen) atoms. The number of carbonyl (C=O) groups is 1. The zero-order chi connectivity index (χ0) is 9.84. The summed E-state index contributed by atoms with van der Waals surface area (Å²) < 4.78 is 0. The lowest BCUT2D eigenvalue weighted by Crippen LogP contribution is -2.32. The van der Waals surface area contributed by atoms with Gasteiger partial charge in [0.15, 0.2) is 5.78 Å². The lowest BCUT2D eigenvalue weighted by atomic mass is 10.00. The molecule has 0 fully saturated rings. The molecule has 1 atom stereocenters. The van der Waals surface area contributed by atoms with Gasteiger partial charge in [0.05, 0.1) is 11.6 Å². The maximum atomic E-state index is 11.6. The Morgan fingerprint density at radius 2 is 2.38 bits per heavy atom. The summed E-state index contributed by atoms with van der Waals surface area (Å²) in [6, 6.07) is -0.401. The summed E-state index contributed by atoms with van der Waals surface area (Å²) in [5.74, 6) is 0.396. The largest absolute Gasteiger partial charge is 0.321 e. The minimum Gasteiger partial charge on any atom is -0.321 e. The van der Waals surface area contributed by atoms with Crippen LogP contribution in [0, 0.1) is 5.92 Å². The number of rotatable bonds is 4. The van der Waals surface area contributed by atoms with Crippen molar-refractivity contribution >= 4 is 17.1 Å². The van der Waals surface area contributed by atoms with E-state index in [1.54, 1.807) is 10.9 Å². The van der Waals surface area contributed by atoms with Crippen LogP contribution in [-0.4, -0.2) is 16.8 Å². The molecule has 1 aromatic heterocycles. The highest BCUT2D eigenvalue weighted by atomic mass is 32.1. The normalized spacial score (nSPS) is 13.2. The third-order valence-electron chi connectivity index (χ3n) is 1.75. The molecule has 3 nitrogen and oxygen atoms in total. The fourth-order valence-corrected chi connectivity index (χ4v) is 1.68. The monoisotopic (exact) mass is 198 g/mol. The van der Waals surface area contributed by atoms with E-state index in [1.165, 1.54) is 11.3 Å². The number of ketones is 1. The third-order valence-corrected chi connectivity index (χ3v) is 2.33. The maximum absolute atomic E-state index is 11.6. The number of nitrogens with two attached hydrogens (primary N) is 1. The second kappa shape index (κ2) is 4.48. The molecule has 1 heterocycles. The molecule has 72 valence electrons. The lowest BCUT2D eigenvalue weighted by molar-refractivity contribution is 0.0947. The fourth-order valence-electron chi connectivity index (χ4n) is 1.14. The average Bonchev–Trinajstić information content (AvgIpc) is 2.53. The van der Waals surface area contributed by atoms with Crippen LogP contribution in [0.4, 0.5) is 0 Å². The van der Waals surface area contributed by atoms with Crippen LogP contribution in [-0.2, 0) is 0 Å². The van der Waals surface area contributed by atoms with Crippen LogP contribution >= 0.6 is 11.3 Å². The molecule has 2 N–H and O–H groups in total. The minimum absolute atomic E-state index is 0.0463. The van der Waals surface area contributed by atoms with E-state index in [0.717, 1.165) is 6.42 Å². The van der Waals surface area contributed by atoms with Crippen LogP contribution < -0.4 is 5.73 Å². The van der Waals surface area contributed by atoms with Gasteiger partial charge in [-0.05, 0) is 12.3 Å². The molecular weight excluding hydrogens is 184 g/mol. The van der Waals surface area contributed by atoms with E-state index in [-0.39, 0.29) is 5.78 Å². The fraction of sp³-hybridized carbons (Fsp3) is 0.556. The van der Waals surface area contributed by atoms with Crippen LogP contribution in [0.25, 0.3) is 0 Å². The van der Waals surface area contributed by atoms with Crippen molar-refractivity contribution in [3.05, 3.63) is 16.6 Å². The van der Waals surface area contributed by atoms with E-state index in [2.05, 4.69) is 4.98 Å². The van der Waals surface area contributed by atoms with Gasteiger partial charge in [0, 0.05) is 5.38 Å². The Bertz CT molecular complexity index is 269. The van der Waals surface area contributed by atoms with E-state index < -0.39 is 6.04 Å². The number of hydrogen-bond acceptors (Lipinski definition) is 4. The van der Waals surface area contributed by atoms with Crippen molar-refractivity contribution in [2.75, 3.05) is 0 Å². The Labute approximate surface area is 82.0 Å². The molecular formula is C9H14N2OS. The van der Waals surface area contributed by atoms with E-state index >= 15 is 0 Å². The van der Waals surface area contributed by atoms with Gasteiger partial charge in [-0.3, -0.25) is 4.79 Å². The van der Waals surface area contributed by atoms with Crippen LogP contribution in [0.1, 0.15) is 30.8 Å². The van der Waals surface area contributed by atoms with E-state index in [4.69, 9.17) is 5.73 Å². The SMILES string of the molecule is CC(C)CC(N)C(=O)c1cscn1. The average molecular weight is 198 g/mol. The highest BCUT2D eigenvalue weighted by molar-refractivity contribution is 7.07. The minimum atomic E-state index is -0.401. The van der Waals surface area contributed by atoms with Gasteiger partial charge in [0.2, 0.25) is 0 Å². The number of aromatic nitrogens is 1. The summed E-state index contributed by atoms with van der Waals surface area (Å²) in [6.07, 6.45) is 0.719. The standard InChI is InChI=1S/C9H14N2OS/c1-6(2)3-7(10)9(12)8-4-13-5-11-8/h4-7H,3,10H2,1-2H3. The van der Waals surface area contributed by atoms with Crippen molar-refractivity contribution in [1.29, 1.82) is 0 Å². The topological polar surface area (TPSA) is 56.0 Å². The number of nitrogens with zero attached hydrogens (tertiary/aromatic N) is 1. The molecule has 0 bridgehead atoms. The van der Waals surface area contributed by atoms with Crippen LogP contribution in [0.5, 0.6) is 0 Å². The van der Waals surface area contributed by atoms with Gasteiger partial charge in [-0.15, -0.1) is 11.3 Å². The smallest absolute Gasteiger partial charge is 0.198 e. The van der Waals surface area contributed by atoms with Crippen molar-refractivity contribution in [3.8, 4) is 0 Å². The molecule has 0 amide bonds. The molecule has 1 rings (SSSR count). The number of thiazole rings is 1. The summed E-state index contributed by atoms with van der Waals surface area (Å²) in [7, 11) is 0. The van der Waals surface area contributed by atoms with Crippen LogP contribution in [0.2, 0.25) is 0 Å². The molecule has 0 aromatic carbocycles. The number of carbonyl (C=O) groups excluding carboxylic acids is 1. The van der Waals surface area contributed by atoms with Gasteiger partial charge < -0.3 is 5.73 Å². The van der Waals surface area contributed by atoms with Gasteiger partial charge in [0.25, 0.3) is 0 Å². The summed E-state index contributed by atoms with van der Waals surface area (Å²) in [6.45, 7) is 4.10. The van der Waals surface area contributed by atoms with E-state index in [1.807, 2.05) is 13.8 Å². The second-order valence-corrected chi connectivity index (χ2v) is 4.19. The van der Waals surface area contributed by atoms with Gasteiger partial charge >= 0.3 is 0 Å². The molecule has 0 spiro atoms. The predicted octanol–water partition coefficient (Wildman–Crippen LogP) is 1.70. The van der Waals surface area contributed by atoms with Crippen molar-refractivity contribution in [1.82, 2.24) is 4.98 Å². The molecule has 1 unspecified atom stereocenters. The molecule has 0 aliphatic heterocycles. The first-order valence-electron chi connectivity index (χ1n) is 4.29.